The number of carbonyl (C=O) groups is 2. The monoisotopic (exact) mass is 359 g/mol. The van der Waals surface area contributed by atoms with Gasteiger partial charge in [0.1, 0.15) is 6.07 Å². The van der Waals surface area contributed by atoms with Crippen molar-refractivity contribution in [3.05, 3.63) is 59.4 Å². The topological polar surface area (TPSA) is 82.0 Å². The molecule has 3 rings (SSSR count). The Morgan fingerprint density at radius 1 is 0.923 bits per heavy atom. The largest absolute Gasteiger partial charge is 0.325 e. The molecule has 2 aromatic rings. The van der Waals surface area contributed by atoms with Gasteiger partial charge in [0.2, 0.25) is 11.8 Å². The number of anilines is 2. The number of rotatable bonds is 4. The number of carbonyl (C=O) groups excluding carboxylic acids is 2. The Hall–Kier alpha value is -3.34. The van der Waals surface area contributed by atoms with Crippen LogP contribution in [-0.4, -0.2) is 11.8 Å². The van der Waals surface area contributed by atoms with Crippen LogP contribution in [0.15, 0.2) is 36.4 Å². The molecule has 26 heavy (non-hydrogen) atoms. The molecule has 132 valence electrons. The predicted octanol–water partition coefficient (Wildman–Crippen LogP) is 3.19. The summed E-state index contributed by atoms with van der Waals surface area (Å²) in [6.45, 7) is 0. The maximum atomic E-state index is 13.6. The van der Waals surface area contributed by atoms with Gasteiger partial charge in [-0.1, -0.05) is 12.1 Å². The van der Waals surface area contributed by atoms with Gasteiger partial charge in [-0.05, 0) is 30.7 Å². The zero-order valence-electron chi connectivity index (χ0n) is 13.2. The lowest BCUT2D eigenvalue weighted by Gasteiger charge is -2.08. The van der Waals surface area contributed by atoms with Gasteiger partial charge >= 0.3 is 0 Å². The molecule has 5 nitrogen and oxygen atoms in total. The second kappa shape index (κ2) is 6.88. The van der Waals surface area contributed by atoms with Gasteiger partial charge in [-0.3, -0.25) is 9.59 Å². The van der Waals surface area contributed by atoms with Crippen molar-refractivity contribution in [1.29, 1.82) is 5.26 Å². The third-order valence-electron chi connectivity index (χ3n) is 4.06. The van der Waals surface area contributed by atoms with Gasteiger partial charge in [-0.15, -0.1) is 0 Å². The fourth-order valence-corrected chi connectivity index (χ4v) is 2.54. The van der Waals surface area contributed by atoms with Gasteiger partial charge in [-0.2, -0.15) is 5.26 Å². The molecule has 1 fully saturated rings. The first-order valence-corrected chi connectivity index (χ1v) is 7.66. The van der Waals surface area contributed by atoms with E-state index < -0.39 is 46.8 Å². The molecule has 2 N–H and O–H groups in total. The van der Waals surface area contributed by atoms with E-state index in [1.165, 1.54) is 0 Å². The standard InChI is InChI=1S/C18H12F3N3O2/c19-12-5-6-14(16(21)15(12)20)24-18(26)11-7-10(11)17(25)23-13-4-2-1-3-9(13)8-22/h1-6,10-11H,7H2,(H,23,25)(H,24,26). The van der Waals surface area contributed by atoms with Crippen LogP contribution in [0.1, 0.15) is 12.0 Å². The Balaban J connectivity index is 1.63. The van der Waals surface area contributed by atoms with Gasteiger partial charge in [0.25, 0.3) is 0 Å². The number of benzene rings is 2. The van der Waals surface area contributed by atoms with E-state index in [0.717, 1.165) is 6.07 Å². The van der Waals surface area contributed by atoms with E-state index in [1.54, 1.807) is 24.3 Å². The average Bonchev–Trinajstić information content (AvgIpc) is 3.43. The van der Waals surface area contributed by atoms with E-state index in [4.69, 9.17) is 5.26 Å². The van der Waals surface area contributed by atoms with Gasteiger partial charge in [0.05, 0.1) is 28.8 Å². The first kappa shape index (κ1) is 17.5. The Bertz CT molecular complexity index is 940. The lowest BCUT2D eigenvalue weighted by molar-refractivity contribution is -0.122. The Kier molecular flexibility index (Phi) is 4.63. The number of halogens is 3. The molecule has 0 radical (unpaired) electrons. The molecule has 0 spiro atoms. The molecule has 0 saturated heterocycles. The summed E-state index contributed by atoms with van der Waals surface area (Å²) in [5, 5.41) is 13.7. The minimum absolute atomic E-state index is 0.234. The van der Waals surface area contributed by atoms with Crippen molar-refractivity contribution in [2.75, 3.05) is 10.6 Å². The Morgan fingerprint density at radius 2 is 1.54 bits per heavy atom. The molecule has 0 heterocycles. The number of para-hydroxylation sites is 1. The van der Waals surface area contributed by atoms with Crippen LogP contribution in [0.3, 0.4) is 0 Å². The molecule has 0 aliphatic heterocycles. The third kappa shape index (κ3) is 3.37. The zero-order valence-corrected chi connectivity index (χ0v) is 13.2. The third-order valence-corrected chi connectivity index (χ3v) is 4.06. The molecule has 1 saturated carbocycles. The minimum atomic E-state index is -1.68. The lowest BCUT2D eigenvalue weighted by Crippen LogP contribution is -2.21. The fourth-order valence-electron chi connectivity index (χ4n) is 2.54. The second-order valence-corrected chi connectivity index (χ2v) is 5.81. The molecule has 1 aliphatic carbocycles. The van der Waals surface area contributed by atoms with Gasteiger partial charge in [-0.25, -0.2) is 13.2 Å². The van der Waals surface area contributed by atoms with Crippen LogP contribution in [0.25, 0.3) is 0 Å². The van der Waals surface area contributed by atoms with Gasteiger partial charge in [0, 0.05) is 0 Å². The summed E-state index contributed by atoms with van der Waals surface area (Å²) < 4.78 is 39.7. The zero-order chi connectivity index (χ0) is 18.8. The summed E-state index contributed by atoms with van der Waals surface area (Å²) in [4.78, 5) is 24.3. The summed E-state index contributed by atoms with van der Waals surface area (Å²) in [6, 6.07) is 9.95. The number of nitrogens with one attached hydrogen (secondary N) is 2. The molecule has 2 amide bonds. The summed E-state index contributed by atoms with van der Waals surface area (Å²) in [6.07, 6.45) is 0.234. The molecule has 0 bridgehead atoms. The number of amides is 2. The number of nitrogens with zero attached hydrogens (tertiary/aromatic N) is 1. The van der Waals surface area contributed by atoms with E-state index in [2.05, 4.69) is 10.6 Å². The van der Waals surface area contributed by atoms with E-state index in [9.17, 15) is 22.8 Å². The minimum Gasteiger partial charge on any atom is -0.325 e. The Labute approximate surface area is 146 Å². The van der Waals surface area contributed by atoms with Crippen LogP contribution in [0.2, 0.25) is 0 Å². The highest BCUT2D eigenvalue weighted by atomic mass is 19.2. The maximum absolute atomic E-state index is 13.6. The quantitative estimate of drug-likeness (QED) is 0.823. The molecule has 1 aliphatic rings. The molecule has 8 heteroatoms. The van der Waals surface area contributed by atoms with Crippen LogP contribution >= 0.6 is 0 Å². The predicted molar refractivity (Wildman–Crippen MR) is 86.3 cm³/mol. The lowest BCUT2D eigenvalue weighted by atomic mass is 10.2. The molecular weight excluding hydrogens is 347 g/mol. The average molecular weight is 359 g/mol. The molecular formula is C18H12F3N3O2. The molecule has 2 aromatic carbocycles. The molecule has 0 aromatic heterocycles. The van der Waals surface area contributed by atoms with Crippen molar-refractivity contribution in [2.45, 2.75) is 6.42 Å². The van der Waals surface area contributed by atoms with Crippen molar-refractivity contribution in [3.63, 3.8) is 0 Å². The molecule has 2 atom stereocenters. The van der Waals surface area contributed by atoms with Crippen LogP contribution in [-0.2, 0) is 9.59 Å². The normalized spacial score (nSPS) is 17.9. The van der Waals surface area contributed by atoms with Crippen molar-refractivity contribution >= 4 is 23.2 Å². The van der Waals surface area contributed by atoms with Gasteiger partial charge in [0.15, 0.2) is 17.5 Å². The first-order chi connectivity index (χ1) is 12.4. The Morgan fingerprint density at radius 3 is 2.19 bits per heavy atom. The SMILES string of the molecule is N#Cc1ccccc1NC(=O)C1CC1C(=O)Nc1ccc(F)c(F)c1F. The van der Waals surface area contributed by atoms with Crippen LogP contribution in [0.4, 0.5) is 24.5 Å². The van der Waals surface area contributed by atoms with Crippen LogP contribution in [0, 0.1) is 40.6 Å². The van der Waals surface area contributed by atoms with E-state index >= 15 is 0 Å². The summed E-state index contributed by atoms with van der Waals surface area (Å²) in [7, 11) is 0. The second-order valence-electron chi connectivity index (χ2n) is 5.81. The van der Waals surface area contributed by atoms with Crippen molar-refractivity contribution in [2.24, 2.45) is 11.8 Å². The number of hydrogen-bond acceptors (Lipinski definition) is 3. The van der Waals surface area contributed by atoms with Crippen LogP contribution in [0.5, 0.6) is 0 Å². The van der Waals surface area contributed by atoms with Crippen LogP contribution < -0.4 is 10.6 Å². The smallest absolute Gasteiger partial charge is 0.228 e. The highest BCUT2D eigenvalue weighted by Gasteiger charge is 2.48. The van der Waals surface area contributed by atoms with Gasteiger partial charge < -0.3 is 10.6 Å². The maximum Gasteiger partial charge on any atom is 0.228 e. The number of hydrogen-bond donors (Lipinski definition) is 2. The first-order valence-electron chi connectivity index (χ1n) is 7.66. The van der Waals surface area contributed by atoms with E-state index in [-0.39, 0.29) is 12.0 Å². The highest BCUT2D eigenvalue weighted by Crippen LogP contribution is 2.40. The summed E-state index contributed by atoms with van der Waals surface area (Å²) in [5.74, 6) is -7.00. The van der Waals surface area contributed by atoms with E-state index in [1.807, 2.05) is 6.07 Å². The summed E-state index contributed by atoms with van der Waals surface area (Å²) in [5.41, 5.74) is 0.124. The summed E-state index contributed by atoms with van der Waals surface area (Å²) >= 11 is 0. The molecule has 2 unspecified atom stereocenters. The van der Waals surface area contributed by atoms with Crippen molar-refractivity contribution in [3.8, 4) is 6.07 Å². The number of nitriles is 1. The van der Waals surface area contributed by atoms with Crippen molar-refractivity contribution < 1.29 is 22.8 Å². The van der Waals surface area contributed by atoms with Crippen molar-refractivity contribution in [1.82, 2.24) is 0 Å². The fraction of sp³-hybridized carbons (Fsp3) is 0.167. The highest BCUT2D eigenvalue weighted by molar-refractivity contribution is 6.03. The van der Waals surface area contributed by atoms with E-state index in [0.29, 0.717) is 11.8 Å².